The molecule has 2 unspecified atom stereocenters. The molecule has 1 aliphatic rings. The monoisotopic (exact) mass is 354 g/mol. The smallest absolute Gasteiger partial charge is 0.308 e. The molecule has 0 aliphatic carbocycles. The standard InChI is InChI=1S/C19H18N2O5/c1-12-7-8-17(21(25)26)14(9-12)18(22)20-10-15(16(11-20)19(23)24)13-5-3-2-4-6-13/h2-9,15-16H,10-11H2,1H3,(H,23,24). The number of carbonyl (C=O) groups excluding carboxylic acids is 1. The third-order valence-corrected chi connectivity index (χ3v) is 4.73. The van der Waals surface area contributed by atoms with Gasteiger partial charge in [-0.25, -0.2) is 0 Å². The van der Waals surface area contributed by atoms with E-state index in [4.69, 9.17) is 0 Å². The number of likely N-dealkylation sites (tertiary alicyclic amines) is 1. The maximum Gasteiger partial charge on any atom is 0.308 e. The zero-order chi connectivity index (χ0) is 18.8. The van der Waals surface area contributed by atoms with Gasteiger partial charge in [0.25, 0.3) is 11.6 Å². The van der Waals surface area contributed by atoms with Gasteiger partial charge >= 0.3 is 5.97 Å². The van der Waals surface area contributed by atoms with Crippen LogP contribution in [0.25, 0.3) is 0 Å². The second kappa shape index (κ2) is 6.95. The van der Waals surface area contributed by atoms with E-state index in [0.29, 0.717) is 0 Å². The number of nitro groups is 1. The summed E-state index contributed by atoms with van der Waals surface area (Å²) in [5.41, 5.74) is 1.30. The van der Waals surface area contributed by atoms with Crippen LogP contribution >= 0.6 is 0 Å². The summed E-state index contributed by atoms with van der Waals surface area (Å²) in [5.74, 6) is -2.58. The first-order valence-corrected chi connectivity index (χ1v) is 8.20. The molecule has 1 fully saturated rings. The molecule has 2 aromatic rings. The molecule has 1 saturated heterocycles. The number of benzene rings is 2. The number of amides is 1. The van der Waals surface area contributed by atoms with Gasteiger partial charge in [-0.1, -0.05) is 36.4 Å². The molecule has 1 heterocycles. The summed E-state index contributed by atoms with van der Waals surface area (Å²) in [6, 6.07) is 13.5. The molecule has 1 N–H and O–H groups in total. The highest BCUT2D eigenvalue weighted by atomic mass is 16.6. The van der Waals surface area contributed by atoms with Crippen molar-refractivity contribution in [1.29, 1.82) is 0 Å². The van der Waals surface area contributed by atoms with Crippen LogP contribution in [0.15, 0.2) is 48.5 Å². The normalized spacial score (nSPS) is 19.3. The quantitative estimate of drug-likeness (QED) is 0.672. The molecule has 0 aromatic heterocycles. The van der Waals surface area contributed by atoms with Gasteiger partial charge in [-0.3, -0.25) is 19.7 Å². The molecular weight excluding hydrogens is 336 g/mol. The van der Waals surface area contributed by atoms with Crippen LogP contribution in [-0.2, 0) is 4.79 Å². The van der Waals surface area contributed by atoms with Gasteiger partial charge in [0.1, 0.15) is 5.56 Å². The SMILES string of the molecule is Cc1ccc([N+](=O)[O-])c(C(=O)N2CC(C(=O)O)C(c3ccccc3)C2)c1. The molecule has 7 heteroatoms. The first kappa shape index (κ1) is 17.6. The van der Waals surface area contributed by atoms with Gasteiger partial charge in [0.15, 0.2) is 0 Å². The zero-order valence-electron chi connectivity index (χ0n) is 14.2. The number of aryl methyl sites for hydroxylation is 1. The Morgan fingerprint density at radius 1 is 1.15 bits per heavy atom. The van der Waals surface area contributed by atoms with Crippen molar-refractivity contribution in [3.63, 3.8) is 0 Å². The van der Waals surface area contributed by atoms with Crippen LogP contribution in [0.1, 0.15) is 27.4 Å². The molecule has 0 spiro atoms. The summed E-state index contributed by atoms with van der Waals surface area (Å²) >= 11 is 0. The molecule has 1 aliphatic heterocycles. The second-order valence-corrected chi connectivity index (χ2v) is 6.45. The minimum atomic E-state index is -0.979. The summed E-state index contributed by atoms with van der Waals surface area (Å²) in [6.45, 7) is 1.99. The molecule has 1 amide bonds. The summed E-state index contributed by atoms with van der Waals surface area (Å²) in [5, 5.41) is 20.8. The van der Waals surface area contributed by atoms with E-state index in [0.717, 1.165) is 11.1 Å². The highest BCUT2D eigenvalue weighted by Crippen LogP contribution is 2.34. The topological polar surface area (TPSA) is 101 Å². The number of aliphatic carboxylic acids is 1. The van der Waals surface area contributed by atoms with Gasteiger partial charge in [-0.05, 0) is 24.1 Å². The van der Waals surface area contributed by atoms with E-state index < -0.39 is 22.7 Å². The Balaban J connectivity index is 1.93. The summed E-state index contributed by atoms with van der Waals surface area (Å²) in [4.78, 5) is 36.6. The van der Waals surface area contributed by atoms with E-state index in [1.54, 1.807) is 13.0 Å². The number of hydrogen-bond donors (Lipinski definition) is 1. The second-order valence-electron chi connectivity index (χ2n) is 6.45. The molecule has 2 aromatic carbocycles. The van der Waals surface area contributed by atoms with Crippen molar-refractivity contribution in [2.75, 3.05) is 13.1 Å². The predicted octanol–water partition coefficient (Wildman–Crippen LogP) is 2.84. The summed E-state index contributed by atoms with van der Waals surface area (Å²) < 4.78 is 0. The molecule has 0 saturated carbocycles. The van der Waals surface area contributed by atoms with Crippen LogP contribution in [0, 0.1) is 23.0 Å². The van der Waals surface area contributed by atoms with E-state index >= 15 is 0 Å². The Hall–Kier alpha value is -3.22. The van der Waals surface area contributed by atoms with Crippen LogP contribution in [0.5, 0.6) is 0 Å². The highest BCUT2D eigenvalue weighted by Gasteiger charge is 2.41. The van der Waals surface area contributed by atoms with Gasteiger partial charge in [0.2, 0.25) is 0 Å². The summed E-state index contributed by atoms with van der Waals surface area (Å²) in [6.07, 6.45) is 0. The van der Waals surface area contributed by atoms with Crippen LogP contribution in [0.2, 0.25) is 0 Å². The maximum atomic E-state index is 12.9. The van der Waals surface area contributed by atoms with Gasteiger partial charge in [0.05, 0.1) is 10.8 Å². The lowest BCUT2D eigenvalue weighted by atomic mass is 9.89. The molecule has 2 atom stereocenters. The number of nitro benzene ring substituents is 1. The molecule has 3 rings (SSSR count). The number of nitrogens with zero attached hydrogens (tertiary/aromatic N) is 2. The van der Waals surface area contributed by atoms with Crippen molar-refractivity contribution in [1.82, 2.24) is 4.90 Å². The van der Waals surface area contributed by atoms with Crippen molar-refractivity contribution < 1.29 is 19.6 Å². The zero-order valence-corrected chi connectivity index (χ0v) is 14.2. The molecular formula is C19H18N2O5. The first-order chi connectivity index (χ1) is 12.4. The summed E-state index contributed by atoms with van der Waals surface area (Å²) in [7, 11) is 0. The lowest BCUT2D eigenvalue weighted by Gasteiger charge is -2.17. The molecule has 7 nitrogen and oxygen atoms in total. The Morgan fingerprint density at radius 3 is 2.46 bits per heavy atom. The van der Waals surface area contributed by atoms with E-state index in [9.17, 15) is 24.8 Å². The third kappa shape index (κ3) is 3.28. The average molecular weight is 354 g/mol. The lowest BCUT2D eigenvalue weighted by molar-refractivity contribution is -0.385. The van der Waals surface area contributed by atoms with Crippen LogP contribution in [0.4, 0.5) is 5.69 Å². The van der Waals surface area contributed by atoms with E-state index in [2.05, 4.69) is 0 Å². The number of carbonyl (C=O) groups is 2. The fourth-order valence-corrected chi connectivity index (χ4v) is 3.41. The fourth-order valence-electron chi connectivity index (χ4n) is 3.41. The van der Waals surface area contributed by atoms with Crippen molar-refractivity contribution in [3.8, 4) is 0 Å². The Morgan fingerprint density at radius 2 is 1.85 bits per heavy atom. The van der Waals surface area contributed by atoms with Crippen LogP contribution in [0.3, 0.4) is 0 Å². The van der Waals surface area contributed by atoms with Crippen LogP contribution < -0.4 is 0 Å². The van der Waals surface area contributed by atoms with E-state index in [1.165, 1.54) is 17.0 Å². The minimum absolute atomic E-state index is 0.00662. The largest absolute Gasteiger partial charge is 0.481 e. The van der Waals surface area contributed by atoms with Gasteiger partial charge in [0, 0.05) is 25.1 Å². The Labute approximate surface area is 150 Å². The van der Waals surface area contributed by atoms with Gasteiger partial charge in [-0.2, -0.15) is 0 Å². The highest BCUT2D eigenvalue weighted by molar-refractivity contribution is 5.99. The van der Waals surface area contributed by atoms with Gasteiger partial charge in [-0.15, -0.1) is 0 Å². The minimum Gasteiger partial charge on any atom is -0.481 e. The molecule has 26 heavy (non-hydrogen) atoms. The molecule has 0 bridgehead atoms. The third-order valence-electron chi connectivity index (χ3n) is 4.73. The van der Waals surface area contributed by atoms with E-state index in [-0.39, 0.29) is 30.3 Å². The van der Waals surface area contributed by atoms with Crippen molar-refractivity contribution in [3.05, 3.63) is 75.3 Å². The van der Waals surface area contributed by atoms with Crippen molar-refractivity contribution in [2.24, 2.45) is 5.92 Å². The number of rotatable bonds is 4. The molecule has 0 radical (unpaired) electrons. The number of carboxylic acid groups (broad SMARTS) is 1. The number of carboxylic acids is 1. The molecule has 134 valence electrons. The fraction of sp³-hybridized carbons (Fsp3) is 0.263. The van der Waals surface area contributed by atoms with Gasteiger partial charge < -0.3 is 10.0 Å². The van der Waals surface area contributed by atoms with Crippen LogP contribution in [-0.4, -0.2) is 39.9 Å². The predicted molar refractivity (Wildman–Crippen MR) is 94.0 cm³/mol. The first-order valence-electron chi connectivity index (χ1n) is 8.20. The van der Waals surface area contributed by atoms with Crippen molar-refractivity contribution in [2.45, 2.75) is 12.8 Å². The van der Waals surface area contributed by atoms with E-state index in [1.807, 2.05) is 30.3 Å². The Kier molecular flexibility index (Phi) is 4.71. The number of hydrogen-bond acceptors (Lipinski definition) is 4. The average Bonchev–Trinajstić information content (AvgIpc) is 3.07. The van der Waals surface area contributed by atoms with Crippen molar-refractivity contribution >= 4 is 17.6 Å². The maximum absolute atomic E-state index is 12.9. The Bertz CT molecular complexity index is 865. The lowest BCUT2D eigenvalue weighted by Crippen LogP contribution is -2.30.